The maximum absolute atomic E-state index is 6.67. The number of aromatic nitrogens is 1. The highest BCUT2D eigenvalue weighted by molar-refractivity contribution is 7.26. The molecule has 0 bridgehead atoms. The molecule has 3 heteroatoms. The van der Waals surface area contributed by atoms with E-state index in [1.165, 1.54) is 42.4 Å². The number of rotatable bonds is 3. The molecule has 9 rings (SSSR count). The van der Waals surface area contributed by atoms with E-state index < -0.39 is 0 Å². The predicted molar refractivity (Wildman–Crippen MR) is 174 cm³/mol. The predicted octanol–water partition coefficient (Wildman–Crippen LogP) is 11.2. The first-order chi connectivity index (χ1) is 20.4. The van der Waals surface area contributed by atoms with E-state index in [0.29, 0.717) is 0 Å². The summed E-state index contributed by atoms with van der Waals surface area (Å²) >= 11 is 1.88. The molecule has 192 valence electrons. The number of para-hydroxylation sites is 2. The molecular weight excluding hydrogens is 518 g/mol. The van der Waals surface area contributed by atoms with Crippen LogP contribution in [-0.2, 0) is 0 Å². The van der Waals surface area contributed by atoms with E-state index in [9.17, 15) is 0 Å². The van der Waals surface area contributed by atoms with Gasteiger partial charge in [-0.1, -0.05) is 103 Å². The third-order valence-electron chi connectivity index (χ3n) is 8.22. The fourth-order valence-corrected chi connectivity index (χ4v) is 7.76. The van der Waals surface area contributed by atoms with E-state index in [1.807, 2.05) is 11.3 Å². The van der Waals surface area contributed by atoms with Gasteiger partial charge in [0.05, 0.1) is 10.9 Å². The molecule has 0 saturated carbocycles. The lowest BCUT2D eigenvalue weighted by molar-refractivity contribution is 0.673. The molecule has 0 amide bonds. The van der Waals surface area contributed by atoms with Crippen molar-refractivity contribution in [1.29, 1.82) is 0 Å². The van der Waals surface area contributed by atoms with Gasteiger partial charge in [0.2, 0.25) is 0 Å². The first-order valence-corrected chi connectivity index (χ1v) is 14.7. The normalized spacial score (nSPS) is 11.9. The number of nitrogens with zero attached hydrogens (tertiary/aromatic N) is 1. The van der Waals surface area contributed by atoms with Crippen molar-refractivity contribution in [2.75, 3.05) is 0 Å². The van der Waals surface area contributed by atoms with Gasteiger partial charge < -0.3 is 8.98 Å². The lowest BCUT2D eigenvalue weighted by Crippen LogP contribution is -1.93. The summed E-state index contributed by atoms with van der Waals surface area (Å²) in [6.45, 7) is 0. The van der Waals surface area contributed by atoms with Gasteiger partial charge in [-0.05, 0) is 58.7 Å². The molecule has 9 aromatic rings. The Bertz CT molecular complexity index is 2410. The second-order valence-corrected chi connectivity index (χ2v) is 11.5. The van der Waals surface area contributed by atoms with Gasteiger partial charge in [-0.25, -0.2) is 0 Å². The Hall–Kier alpha value is -5.12. The van der Waals surface area contributed by atoms with Crippen LogP contribution in [0.15, 0.2) is 144 Å². The Balaban J connectivity index is 1.41. The Morgan fingerprint density at radius 3 is 2.02 bits per heavy atom. The average Bonchev–Trinajstić information content (AvgIpc) is 3.70. The number of hydrogen-bond acceptors (Lipinski definition) is 2. The maximum atomic E-state index is 6.67. The fourth-order valence-electron chi connectivity index (χ4n) is 6.50. The molecule has 2 nitrogen and oxygen atoms in total. The van der Waals surface area contributed by atoms with E-state index in [4.69, 9.17) is 4.42 Å². The van der Waals surface area contributed by atoms with Crippen LogP contribution < -0.4 is 0 Å². The van der Waals surface area contributed by atoms with Gasteiger partial charge in [0, 0.05) is 31.2 Å². The zero-order valence-corrected chi connectivity index (χ0v) is 22.9. The first-order valence-electron chi connectivity index (χ1n) is 13.9. The van der Waals surface area contributed by atoms with E-state index >= 15 is 0 Å². The molecule has 0 fully saturated rings. The number of furan rings is 1. The number of thiophene rings is 1. The van der Waals surface area contributed by atoms with Crippen molar-refractivity contribution >= 4 is 64.5 Å². The highest BCUT2D eigenvalue weighted by Crippen LogP contribution is 2.47. The van der Waals surface area contributed by atoms with Crippen LogP contribution in [0.1, 0.15) is 0 Å². The second-order valence-electron chi connectivity index (χ2n) is 10.5. The fraction of sp³-hybridized carbons (Fsp3) is 0. The van der Waals surface area contributed by atoms with Gasteiger partial charge >= 0.3 is 0 Å². The topological polar surface area (TPSA) is 18.1 Å². The number of fused-ring (bicyclic) bond motifs is 8. The first kappa shape index (κ1) is 22.7. The lowest BCUT2D eigenvalue weighted by atomic mass is 9.95. The van der Waals surface area contributed by atoms with Crippen molar-refractivity contribution in [3.63, 3.8) is 0 Å². The minimum atomic E-state index is 0.907. The van der Waals surface area contributed by atoms with E-state index in [1.54, 1.807) is 0 Å². The van der Waals surface area contributed by atoms with Gasteiger partial charge in [0.15, 0.2) is 5.58 Å². The summed E-state index contributed by atoms with van der Waals surface area (Å²) in [4.78, 5) is 0. The van der Waals surface area contributed by atoms with Crippen LogP contribution in [0, 0.1) is 0 Å². The molecule has 3 aromatic heterocycles. The summed E-state index contributed by atoms with van der Waals surface area (Å²) in [6.07, 6.45) is 0. The Morgan fingerprint density at radius 1 is 0.512 bits per heavy atom. The molecule has 0 saturated heterocycles. The summed E-state index contributed by atoms with van der Waals surface area (Å²) in [5.74, 6) is 0. The van der Waals surface area contributed by atoms with Crippen molar-refractivity contribution in [2.45, 2.75) is 0 Å². The third-order valence-corrected chi connectivity index (χ3v) is 9.42. The molecule has 0 aliphatic carbocycles. The van der Waals surface area contributed by atoms with E-state index in [-0.39, 0.29) is 0 Å². The molecule has 41 heavy (non-hydrogen) atoms. The summed E-state index contributed by atoms with van der Waals surface area (Å²) in [5.41, 5.74) is 10.2. The van der Waals surface area contributed by atoms with Gasteiger partial charge in [-0.15, -0.1) is 11.3 Å². The summed E-state index contributed by atoms with van der Waals surface area (Å²) in [6, 6.07) is 49.8. The molecule has 0 aliphatic rings. The molecule has 0 aliphatic heterocycles. The van der Waals surface area contributed by atoms with Crippen molar-refractivity contribution in [3.8, 4) is 27.9 Å². The van der Waals surface area contributed by atoms with Gasteiger partial charge in [0.1, 0.15) is 11.1 Å². The minimum absolute atomic E-state index is 0.907. The quantitative estimate of drug-likeness (QED) is 0.217. The Labute approximate surface area is 240 Å². The standard InChI is InChI=1S/C38H23NOS/c1-3-12-24(13-4-1)26-17-9-20-30-34-27(19-11-23-33(34)41-38(26)30)28-18-10-22-32-35(28)36-37(40-32)29-16-7-8-21-31(29)39(36)25-14-5-2-6-15-25/h1-23H. The van der Waals surface area contributed by atoms with Crippen LogP contribution in [0.2, 0.25) is 0 Å². The Kier molecular flexibility index (Phi) is 4.80. The zero-order valence-electron chi connectivity index (χ0n) is 22.0. The zero-order chi connectivity index (χ0) is 26.9. The van der Waals surface area contributed by atoms with Crippen molar-refractivity contribution < 1.29 is 4.42 Å². The molecule has 0 N–H and O–H groups in total. The van der Waals surface area contributed by atoms with E-state index in [0.717, 1.165) is 38.7 Å². The van der Waals surface area contributed by atoms with Crippen LogP contribution >= 0.6 is 11.3 Å². The molecule has 0 unspecified atom stereocenters. The van der Waals surface area contributed by atoms with Gasteiger partial charge in [0.25, 0.3) is 0 Å². The van der Waals surface area contributed by atoms with Gasteiger partial charge in [-0.3, -0.25) is 0 Å². The lowest BCUT2D eigenvalue weighted by Gasteiger charge is -2.10. The molecule has 3 heterocycles. The van der Waals surface area contributed by atoms with Crippen LogP contribution in [0.25, 0.3) is 81.1 Å². The van der Waals surface area contributed by atoms with Crippen LogP contribution in [0.3, 0.4) is 0 Å². The summed E-state index contributed by atoms with van der Waals surface area (Å²) in [5, 5.41) is 4.87. The summed E-state index contributed by atoms with van der Waals surface area (Å²) in [7, 11) is 0. The van der Waals surface area contributed by atoms with Crippen LogP contribution in [0.4, 0.5) is 0 Å². The molecule has 6 aromatic carbocycles. The number of hydrogen-bond donors (Lipinski definition) is 0. The average molecular weight is 542 g/mol. The number of benzene rings is 6. The smallest absolute Gasteiger partial charge is 0.161 e. The monoisotopic (exact) mass is 541 g/mol. The molecule has 0 atom stereocenters. The molecule has 0 spiro atoms. The van der Waals surface area contributed by atoms with Crippen LogP contribution in [0.5, 0.6) is 0 Å². The van der Waals surface area contributed by atoms with E-state index in [2.05, 4.69) is 144 Å². The third kappa shape index (κ3) is 3.24. The van der Waals surface area contributed by atoms with Crippen LogP contribution in [-0.4, -0.2) is 4.57 Å². The molecule has 0 radical (unpaired) electrons. The van der Waals surface area contributed by atoms with Crippen molar-refractivity contribution in [1.82, 2.24) is 4.57 Å². The summed E-state index contributed by atoms with van der Waals surface area (Å²) < 4.78 is 11.6. The molecular formula is C38H23NOS. The highest BCUT2D eigenvalue weighted by Gasteiger charge is 2.23. The second kappa shape index (κ2) is 8.69. The largest absolute Gasteiger partial charge is 0.454 e. The Morgan fingerprint density at radius 2 is 1.17 bits per heavy atom. The highest BCUT2D eigenvalue weighted by atomic mass is 32.1. The SMILES string of the molecule is c1ccc(-c2cccc3c2sc2cccc(-c4cccc5oc6c7ccccc7n(-c7ccccc7)c6c45)c23)cc1. The maximum Gasteiger partial charge on any atom is 0.161 e. The van der Waals surface area contributed by atoms with Crippen molar-refractivity contribution in [3.05, 3.63) is 140 Å². The minimum Gasteiger partial charge on any atom is -0.454 e. The van der Waals surface area contributed by atoms with Gasteiger partial charge in [-0.2, -0.15) is 0 Å². The van der Waals surface area contributed by atoms with Crippen molar-refractivity contribution in [2.24, 2.45) is 0 Å².